The molecule has 2 aromatic carbocycles. The standard InChI is InChI=1S/C24H27NO5/c1-25-20-7-4-17(14-18(20)5-9-23(25)26)16-30-21-8-6-19(15-22(21)27-2)24(28-3)10-12-29-13-11-24/h4-9,14-15H,10-13,16H2,1-3H3. The molecule has 0 spiro atoms. The van der Waals surface area contributed by atoms with Crippen LogP contribution in [0.15, 0.2) is 53.3 Å². The molecule has 0 saturated carbocycles. The van der Waals surface area contributed by atoms with Gasteiger partial charge in [-0.3, -0.25) is 4.79 Å². The van der Waals surface area contributed by atoms with Crippen LogP contribution in [0.5, 0.6) is 11.5 Å². The first-order valence-electron chi connectivity index (χ1n) is 10.1. The van der Waals surface area contributed by atoms with Crippen LogP contribution in [0.25, 0.3) is 10.9 Å². The number of ether oxygens (including phenoxy) is 4. The van der Waals surface area contributed by atoms with Crippen molar-refractivity contribution >= 4 is 10.9 Å². The molecule has 0 radical (unpaired) electrons. The average molecular weight is 409 g/mol. The largest absolute Gasteiger partial charge is 0.493 e. The number of aryl methyl sites for hydroxylation is 1. The van der Waals surface area contributed by atoms with Gasteiger partial charge in [-0.1, -0.05) is 12.1 Å². The Kier molecular flexibility index (Phi) is 5.79. The molecule has 0 bridgehead atoms. The third-order valence-corrected chi connectivity index (χ3v) is 5.96. The Morgan fingerprint density at radius 2 is 1.80 bits per heavy atom. The number of hydrogen-bond acceptors (Lipinski definition) is 5. The molecule has 0 unspecified atom stereocenters. The van der Waals surface area contributed by atoms with Gasteiger partial charge in [-0.2, -0.15) is 0 Å². The smallest absolute Gasteiger partial charge is 0.250 e. The topological polar surface area (TPSA) is 58.9 Å². The molecule has 158 valence electrons. The van der Waals surface area contributed by atoms with Crippen LogP contribution in [-0.2, 0) is 28.7 Å². The summed E-state index contributed by atoms with van der Waals surface area (Å²) in [6.45, 7) is 1.77. The number of benzene rings is 2. The first-order valence-corrected chi connectivity index (χ1v) is 10.1. The van der Waals surface area contributed by atoms with Gasteiger partial charge in [-0.05, 0) is 46.8 Å². The zero-order chi connectivity index (χ0) is 21.1. The van der Waals surface area contributed by atoms with Gasteiger partial charge >= 0.3 is 0 Å². The van der Waals surface area contributed by atoms with Crippen LogP contribution in [0, 0.1) is 0 Å². The maximum absolute atomic E-state index is 11.8. The lowest BCUT2D eigenvalue weighted by molar-refractivity contribution is -0.0948. The van der Waals surface area contributed by atoms with Crippen molar-refractivity contribution < 1.29 is 18.9 Å². The normalized spacial score (nSPS) is 15.8. The van der Waals surface area contributed by atoms with E-state index < -0.39 is 0 Å². The Balaban J connectivity index is 1.55. The van der Waals surface area contributed by atoms with E-state index in [2.05, 4.69) is 0 Å². The number of pyridine rings is 1. The second-order valence-electron chi connectivity index (χ2n) is 7.59. The van der Waals surface area contributed by atoms with E-state index in [0.29, 0.717) is 31.3 Å². The first kappa shape index (κ1) is 20.4. The lowest BCUT2D eigenvalue weighted by atomic mass is 9.86. The SMILES string of the molecule is COc1cc(C2(OC)CCOCC2)ccc1OCc1ccc2c(ccc(=O)n2C)c1. The van der Waals surface area contributed by atoms with Gasteiger partial charge in [-0.25, -0.2) is 0 Å². The van der Waals surface area contributed by atoms with Crippen LogP contribution < -0.4 is 15.0 Å². The Morgan fingerprint density at radius 1 is 1.00 bits per heavy atom. The molecule has 0 N–H and O–H groups in total. The number of aromatic nitrogens is 1. The maximum Gasteiger partial charge on any atom is 0.250 e. The number of nitrogens with zero attached hydrogens (tertiary/aromatic N) is 1. The Bertz CT molecular complexity index is 1100. The summed E-state index contributed by atoms with van der Waals surface area (Å²) < 4.78 is 24.7. The molecular weight excluding hydrogens is 382 g/mol. The Morgan fingerprint density at radius 3 is 2.53 bits per heavy atom. The number of fused-ring (bicyclic) bond motifs is 1. The van der Waals surface area contributed by atoms with Crippen LogP contribution in [0.1, 0.15) is 24.0 Å². The van der Waals surface area contributed by atoms with E-state index in [0.717, 1.165) is 34.9 Å². The molecule has 1 aromatic heterocycles. The van der Waals surface area contributed by atoms with E-state index in [1.54, 1.807) is 31.9 Å². The minimum absolute atomic E-state index is 0.0188. The third kappa shape index (κ3) is 3.80. The molecule has 3 aromatic rings. The summed E-state index contributed by atoms with van der Waals surface area (Å²) in [6, 6.07) is 15.4. The summed E-state index contributed by atoms with van der Waals surface area (Å²) in [6.07, 6.45) is 1.62. The first-order chi connectivity index (χ1) is 14.6. The van der Waals surface area contributed by atoms with Gasteiger partial charge in [0, 0.05) is 46.3 Å². The minimum Gasteiger partial charge on any atom is -0.493 e. The fourth-order valence-corrected chi connectivity index (χ4v) is 4.07. The zero-order valence-corrected chi connectivity index (χ0v) is 17.6. The summed E-state index contributed by atoms with van der Waals surface area (Å²) in [7, 11) is 5.17. The van der Waals surface area contributed by atoms with Crippen LogP contribution in [0.2, 0.25) is 0 Å². The maximum atomic E-state index is 11.8. The predicted octanol–water partition coefficient (Wildman–Crippen LogP) is 3.78. The fourth-order valence-electron chi connectivity index (χ4n) is 4.07. The van der Waals surface area contributed by atoms with Crippen molar-refractivity contribution in [2.45, 2.75) is 25.0 Å². The van der Waals surface area contributed by atoms with E-state index in [1.165, 1.54) is 0 Å². The van der Waals surface area contributed by atoms with Gasteiger partial charge in [0.1, 0.15) is 6.61 Å². The molecule has 1 saturated heterocycles. The molecule has 6 heteroatoms. The highest BCUT2D eigenvalue weighted by molar-refractivity contribution is 5.79. The highest BCUT2D eigenvalue weighted by Crippen LogP contribution is 2.39. The Labute approximate surface area is 175 Å². The molecule has 0 aliphatic carbocycles. The highest BCUT2D eigenvalue weighted by atomic mass is 16.5. The highest BCUT2D eigenvalue weighted by Gasteiger charge is 2.35. The minimum atomic E-state index is -0.349. The number of hydrogen-bond donors (Lipinski definition) is 0. The molecule has 1 aliphatic heterocycles. The van der Waals surface area contributed by atoms with Crippen molar-refractivity contribution in [2.24, 2.45) is 7.05 Å². The van der Waals surface area contributed by atoms with Gasteiger partial charge in [0.05, 0.1) is 18.2 Å². The molecule has 30 heavy (non-hydrogen) atoms. The second kappa shape index (κ2) is 8.50. The molecule has 1 fully saturated rings. The van der Waals surface area contributed by atoms with Crippen LogP contribution in [-0.4, -0.2) is 32.0 Å². The van der Waals surface area contributed by atoms with Gasteiger partial charge < -0.3 is 23.5 Å². The monoisotopic (exact) mass is 409 g/mol. The van der Waals surface area contributed by atoms with E-state index in [1.807, 2.05) is 42.5 Å². The third-order valence-electron chi connectivity index (χ3n) is 5.96. The predicted molar refractivity (Wildman–Crippen MR) is 115 cm³/mol. The van der Waals surface area contributed by atoms with Crippen molar-refractivity contribution in [3.63, 3.8) is 0 Å². The van der Waals surface area contributed by atoms with Gasteiger partial charge in [-0.15, -0.1) is 0 Å². The van der Waals surface area contributed by atoms with E-state index in [4.69, 9.17) is 18.9 Å². The van der Waals surface area contributed by atoms with E-state index >= 15 is 0 Å². The van der Waals surface area contributed by atoms with Crippen molar-refractivity contribution in [2.75, 3.05) is 27.4 Å². The molecule has 1 aliphatic rings. The Hall–Kier alpha value is -2.83. The van der Waals surface area contributed by atoms with Crippen molar-refractivity contribution in [3.05, 3.63) is 70.0 Å². The zero-order valence-electron chi connectivity index (χ0n) is 17.6. The van der Waals surface area contributed by atoms with Crippen LogP contribution in [0.3, 0.4) is 0 Å². The summed E-state index contributed by atoms with van der Waals surface area (Å²) >= 11 is 0. The summed E-state index contributed by atoms with van der Waals surface area (Å²) in [5, 5.41) is 1.00. The van der Waals surface area contributed by atoms with E-state index in [9.17, 15) is 4.79 Å². The van der Waals surface area contributed by atoms with Crippen molar-refractivity contribution in [1.82, 2.24) is 4.57 Å². The quantitative estimate of drug-likeness (QED) is 0.620. The van der Waals surface area contributed by atoms with Crippen LogP contribution in [0.4, 0.5) is 0 Å². The van der Waals surface area contributed by atoms with E-state index in [-0.39, 0.29) is 11.2 Å². The molecule has 6 nitrogen and oxygen atoms in total. The summed E-state index contributed by atoms with van der Waals surface area (Å²) in [5.41, 5.74) is 2.62. The van der Waals surface area contributed by atoms with Crippen molar-refractivity contribution in [1.29, 1.82) is 0 Å². The lowest BCUT2D eigenvalue weighted by Crippen LogP contribution is -2.35. The summed E-state index contributed by atoms with van der Waals surface area (Å²) in [4.78, 5) is 11.8. The van der Waals surface area contributed by atoms with Gasteiger partial charge in [0.15, 0.2) is 11.5 Å². The number of rotatable bonds is 6. The molecular formula is C24H27NO5. The number of methoxy groups -OCH3 is 2. The second-order valence-corrected chi connectivity index (χ2v) is 7.59. The average Bonchev–Trinajstić information content (AvgIpc) is 2.80. The molecule has 0 atom stereocenters. The fraction of sp³-hybridized carbons (Fsp3) is 0.375. The van der Waals surface area contributed by atoms with Crippen LogP contribution >= 0.6 is 0 Å². The van der Waals surface area contributed by atoms with Gasteiger partial charge in [0.25, 0.3) is 5.56 Å². The molecule has 0 amide bonds. The van der Waals surface area contributed by atoms with Gasteiger partial charge in [0.2, 0.25) is 0 Å². The van der Waals surface area contributed by atoms with Crippen molar-refractivity contribution in [3.8, 4) is 11.5 Å². The summed E-state index contributed by atoms with van der Waals surface area (Å²) in [5.74, 6) is 1.36. The lowest BCUT2D eigenvalue weighted by Gasteiger charge is -2.36. The molecule has 4 rings (SSSR count). The molecule has 2 heterocycles.